The summed E-state index contributed by atoms with van der Waals surface area (Å²) in [6.07, 6.45) is 1.66. The van der Waals surface area contributed by atoms with Crippen molar-refractivity contribution in [3.8, 4) is 0 Å². The van der Waals surface area contributed by atoms with Gasteiger partial charge in [-0.1, -0.05) is 5.06 Å². The highest BCUT2D eigenvalue weighted by Gasteiger charge is 2.44. The molecule has 0 saturated heterocycles. The third-order valence-electron chi connectivity index (χ3n) is 2.27. The Morgan fingerprint density at radius 3 is 2.33 bits per heavy atom. The summed E-state index contributed by atoms with van der Waals surface area (Å²) in [5, 5.41) is 23.2. The Balaban J connectivity index is 2.99. The number of nitrogens with zero attached hydrogens (tertiary/aromatic N) is 2. The summed E-state index contributed by atoms with van der Waals surface area (Å²) in [6, 6.07) is 0. The van der Waals surface area contributed by atoms with Crippen molar-refractivity contribution in [2.24, 2.45) is 0 Å². The molecule has 0 fully saturated rings. The minimum absolute atomic E-state index is 0.468. The maximum atomic E-state index is 11.2. The van der Waals surface area contributed by atoms with Crippen molar-refractivity contribution in [1.82, 2.24) is 5.06 Å². The van der Waals surface area contributed by atoms with Gasteiger partial charge in [-0.3, -0.25) is 4.74 Å². The third-order valence-corrected chi connectivity index (χ3v) is 2.27. The quantitative estimate of drug-likeness (QED) is 0.405. The topological polar surface area (TPSA) is 49.2 Å². The molecular weight excluding hydrogens is 156 g/mol. The second-order valence-electron chi connectivity index (χ2n) is 4.57. The summed E-state index contributed by atoms with van der Waals surface area (Å²) < 4.78 is 0.727. The number of hydroxylamine groups is 3. The van der Waals surface area contributed by atoms with Gasteiger partial charge >= 0.3 is 0 Å². The molecule has 0 aromatic rings. The zero-order chi connectivity index (χ0) is 9.57. The minimum atomic E-state index is -0.468. The monoisotopic (exact) mass is 171 g/mol. The lowest BCUT2D eigenvalue weighted by molar-refractivity contribution is -0.561. The van der Waals surface area contributed by atoms with Crippen molar-refractivity contribution < 1.29 is 9.95 Å². The maximum absolute atomic E-state index is 11.2. The van der Waals surface area contributed by atoms with Gasteiger partial charge in [0.25, 0.3) is 6.34 Å². The van der Waals surface area contributed by atoms with Crippen LogP contribution in [0, 0.1) is 5.21 Å². The van der Waals surface area contributed by atoms with Crippen LogP contribution in [0.3, 0.4) is 0 Å². The number of rotatable bonds is 0. The fourth-order valence-corrected chi connectivity index (χ4v) is 1.62. The molecule has 1 aliphatic heterocycles. The van der Waals surface area contributed by atoms with Gasteiger partial charge in [-0.2, -0.15) is 0 Å². The largest absolute Gasteiger partial charge is 0.715 e. The van der Waals surface area contributed by atoms with Gasteiger partial charge in [-0.25, -0.2) is 0 Å². The maximum Gasteiger partial charge on any atom is 0.271 e. The molecule has 0 aromatic heterocycles. The summed E-state index contributed by atoms with van der Waals surface area (Å²) in [4.78, 5) is 0. The van der Waals surface area contributed by atoms with Crippen LogP contribution in [0.4, 0.5) is 0 Å². The predicted molar refractivity (Wildman–Crippen MR) is 45.0 cm³/mol. The molecule has 0 saturated carbocycles. The lowest BCUT2D eigenvalue weighted by atomic mass is 9.86. The number of hydrogen-bond donors (Lipinski definition) is 0. The van der Waals surface area contributed by atoms with Gasteiger partial charge < -0.3 is 5.21 Å². The molecule has 0 aromatic carbocycles. The zero-order valence-electron chi connectivity index (χ0n) is 8.00. The van der Waals surface area contributed by atoms with E-state index in [0.717, 1.165) is 16.1 Å². The van der Waals surface area contributed by atoms with E-state index in [9.17, 15) is 10.4 Å². The van der Waals surface area contributed by atoms with Crippen molar-refractivity contribution >= 4 is 6.34 Å². The Labute approximate surface area is 72.6 Å². The number of hydrogen-bond acceptors (Lipinski definition) is 2. The van der Waals surface area contributed by atoms with Gasteiger partial charge in [-0.15, -0.1) is 0 Å². The molecule has 0 bridgehead atoms. The molecule has 1 aliphatic rings. The van der Waals surface area contributed by atoms with Crippen LogP contribution in [0.5, 0.6) is 0 Å². The summed E-state index contributed by atoms with van der Waals surface area (Å²) in [6.45, 7) is 7.35. The zero-order valence-corrected chi connectivity index (χ0v) is 8.00. The van der Waals surface area contributed by atoms with Gasteiger partial charge in [0.15, 0.2) is 0 Å². The molecule has 0 unspecified atom stereocenters. The van der Waals surface area contributed by atoms with Gasteiger partial charge in [0.2, 0.25) is 0 Å². The van der Waals surface area contributed by atoms with E-state index in [2.05, 4.69) is 0 Å². The van der Waals surface area contributed by atoms with Crippen LogP contribution in [-0.2, 0) is 5.21 Å². The normalized spacial score (nSPS) is 26.8. The minimum Gasteiger partial charge on any atom is -0.715 e. The van der Waals surface area contributed by atoms with Gasteiger partial charge in [0.1, 0.15) is 11.1 Å². The first-order chi connectivity index (χ1) is 5.26. The van der Waals surface area contributed by atoms with E-state index >= 15 is 0 Å². The van der Waals surface area contributed by atoms with Crippen molar-refractivity contribution in [2.45, 2.75) is 45.2 Å². The molecule has 1 heterocycles. The Morgan fingerprint density at radius 2 is 1.92 bits per heavy atom. The van der Waals surface area contributed by atoms with Crippen LogP contribution in [0.2, 0.25) is 0 Å². The van der Waals surface area contributed by atoms with E-state index in [1.54, 1.807) is 0 Å². The fraction of sp³-hybridized carbons (Fsp3) is 0.875. The van der Waals surface area contributed by atoms with Gasteiger partial charge in [0.05, 0.1) is 0 Å². The van der Waals surface area contributed by atoms with Crippen molar-refractivity contribution in [1.29, 1.82) is 0 Å². The highest BCUT2D eigenvalue weighted by molar-refractivity contribution is 5.49. The van der Waals surface area contributed by atoms with Crippen LogP contribution in [-0.4, -0.2) is 27.2 Å². The van der Waals surface area contributed by atoms with Crippen LogP contribution < -0.4 is 0 Å². The molecule has 0 spiro atoms. The average molecular weight is 171 g/mol. The first-order valence-electron chi connectivity index (χ1n) is 4.04. The van der Waals surface area contributed by atoms with Crippen molar-refractivity contribution in [2.75, 3.05) is 0 Å². The van der Waals surface area contributed by atoms with Crippen LogP contribution >= 0.6 is 0 Å². The molecule has 12 heavy (non-hydrogen) atoms. The molecule has 69 valence electrons. The first-order valence-corrected chi connectivity index (χ1v) is 4.04. The van der Waals surface area contributed by atoms with E-state index in [4.69, 9.17) is 0 Å². The third kappa shape index (κ3) is 1.39. The second kappa shape index (κ2) is 2.36. The lowest BCUT2D eigenvalue weighted by Crippen LogP contribution is -2.55. The molecule has 1 rings (SSSR count). The van der Waals surface area contributed by atoms with E-state index in [1.807, 2.05) is 27.7 Å². The first kappa shape index (κ1) is 9.32. The summed E-state index contributed by atoms with van der Waals surface area (Å²) in [5.74, 6) is 0. The smallest absolute Gasteiger partial charge is 0.271 e. The van der Waals surface area contributed by atoms with Crippen LogP contribution in [0.15, 0.2) is 0 Å². The Bertz CT molecular complexity index is 221. The Morgan fingerprint density at radius 1 is 1.42 bits per heavy atom. The fourth-order valence-electron chi connectivity index (χ4n) is 1.62. The SMILES string of the molecule is CC1(C)CC(C)(C)[N+]([O-])=CN1[O]. The average Bonchev–Trinajstić information content (AvgIpc) is 1.82. The molecule has 4 nitrogen and oxygen atoms in total. The van der Waals surface area contributed by atoms with E-state index < -0.39 is 11.1 Å². The van der Waals surface area contributed by atoms with Crippen LogP contribution in [0.1, 0.15) is 34.1 Å². The molecule has 0 aliphatic carbocycles. The molecule has 0 atom stereocenters. The molecule has 4 heteroatoms. The van der Waals surface area contributed by atoms with E-state index in [1.165, 1.54) is 0 Å². The van der Waals surface area contributed by atoms with Crippen molar-refractivity contribution in [3.05, 3.63) is 5.21 Å². The highest BCUT2D eigenvalue weighted by Crippen LogP contribution is 2.29. The van der Waals surface area contributed by atoms with E-state index in [0.29, 0.717) is 6.42 Å². The Hall–Kier alpha value is -0.770. The van der Waals surface area contributed by atoms with E-state index in [-0.39, 0.29) is 0 Å². The van der Waals surface area contributed by atoms with Crippen molar-refractivity contribution in [3.63, 3.8) is 0 Å². The molecule has 1 radical (unpaired) electrons. The molecule has 0 amide bonds. The van der Waals surface area contributed by atoms with Gasteiger partial charge in [-0.05, 0) is 27.7 Å². The second-order valence-corrected chi connectivity index (χ2v) is 4.57. The van der Waals surface area contributed by atoms with Crippen LogP contribution in [0.25, 0.3) is 0 Å². The highest BCUT2D eigenvalue weighted by atomic mass is 16.5. The standard InChI is InChI=1S/C8H15N2O2/c1-7(2)5-8(3,4)10(12)6-9(7)11/h6H,5H2,1-4H3. The summed E-state index contributed by atoms with van der Waals surface area (Å²) in [7, 11) is 0. The predicted octanol–water partition coefficient (Wildman–Crippen LogP) is 1.13. The Kier molecular flexibility index (Phi) is 1.83. The summed E-state index contributed by atoms with van der Waals surface area (Å²) in [5.41, 5.74) is -0.936. The van der Waals surface area contributed by atoms with Gasteiger partial charge in [0, 0.05) is 11.6 Å². The lowest BCUT2D eigenvalue weighted by Gasteiger charge is -2.40. The molecule has 0 N–H and O–H groups in total. The summed E-state index contributed by atoms with van der Waals surface area (Å²) >= 11 is 0. The molecular formula is C8H15N2O2.